The predicted molar refractivity (Wildman–Crippen MR) is 61.7 cm³/mol. The monoisotopic (exact) mass is 236 g/mol. The molecule has 3 unspecified atom stereocenters. The van der Waals surface area contributed by atoms with Crippen LogP contribution in [-0.4, -0.2) is 30.4 Å². The third-order valence-corrected chi connectivity index (χ3v) is 2.96. The van der Waals surface area contributed by atoms with Crippen LogP contribution < -0.4 is 0 Å². The van der Waals surface area contributed by atoms with E-state index in [0.29, 0.717) is 12.0 Å². The molecule has 0 aromatic heterocycles. The van der Waals surface area contributed by atoms with Crippen LogP contribution in [0.5, 0.6) is 0 Å². The van der Waals surface area contributed by atoms with Crippen LogP contribution in [0, 0.1) is 0 Å². The second kappa shape index (κ2) is 4.85. The van der Waals surface area contributed by atoms with Crippen LogP contribution in [0.2, 0.25) is 0 Å². The number of hydrogen-bond donors (Lipinski definition) is 1. The molecule has 4 nitrogen and oxygen atoms in total. The maximum Gasteiger partial charge on any atom is 0.337 e. The third-order valence-electron chi connectivity index (χ3n) is 2.96. The normalized spacial score (nSPS) is 24.2. The lowest BCUT2D eigenvalue weighted by atomic mass is 10.0. The molecule has 1 aliphatic rings. The summed E-state index contributed by atoms with van der Waals surface area (Å²) in [5.41, 5.74) is 1.41. The van der Waals surface area contributed by atoms with Gasteiger partial charge in [-0.15, -0.1) is 0 Å². The number of ether oxygens (including phenoxy) is 2. The first-order valence-corrected chi connectivity index (χ1v) is 5.69. The van der Waals surface area contributed by atoms with Crippen molar-refractivity contribution in [1.29, 1.82) is 0 Å². The number of benzene rings is 1. The summed E-state index contributed by atoms with van der Waals surface area (Å²) in [6.07, 6.45) is -0.0260. The van der Waals surface area contributed by atoms with Crippen molar-refractivity contribution >= 4 is 5.97 Å². The Morgan fingerprint density at radius 2 is 2.35 bits per heavy atom. The van der Waals surface area contributed by atoms with E-state index in [1.165, 1.54) is 7.11 Å². The summed E-state index contributed by atoms with van der Waals surface area (Å²) in [5, 5.41) is 9.64. The lowest BCUT2D eigenvalue weighted by Crippen LogP contribution is -2.13. The summed E-state index contributed by atoms with van der Waals surface area (Å²) < 4.78 is 10.1. The van der Waals surface area contributed by atoms with Gasteiger partial charge in [-0.3, -0.25) is 0 Å². The van der Waals surface area contributed by atoms with Gasteiger partial charge in [0, 0.05) is 0 Å². The Bertz CT molecular complexity index is 416. The fourth-order valence-corrected chi connectivity index (χ4v) is 1.88. The molecule has 1 fully saturated rings. The van der Waals surface area contributed by atoms with Crippen molar-refractivity contribution in [2.24, 2.45) is 0 Å². The summed E-state index contributed by atoms with van der Waals surface area (Å²) in [6.45, 7) is 1.91. The summed E-state index contributed by atoms with van der Waals surface area (Å²) in [6, 6.07) is 7.12. The van der Waals surface area contributed by atoms with Gasteiger partial charge in [-0.2, -0.15) is 0 Å². The summed E-state index contributed by atoms with van der Waals surface area (Å²) >= 11 is 0. The van der Waals surface area contributed by atoms with Crippen LogP contribution in [0.15, 0.2) is 24.3 Å². The van der Waals surface area contributed by atoms with Crippen molar-refractivity contribution in [3.05, 3.63) is 35.4 Å². The van der Waals surface area contributed by atoms with Gasteiger partial charge in [-0.1, -0.05) is 19.1 Å². The molecule has 1 saturated heterocycles. The molecule has 1 aromatic carbocycles. The second-order valence-corrected chi connectivity index (χ2v) is 4.11. The maximum absolute atomic E-state index is 11.4. The highest BCUT2D eigenvalue weighted by Gasteiger charge is 2.44. The molecule has 0 amide bonds. The first-order chi connectivity index (χ1) is 8.17. The van der Waals surface area contributed by atoms with Crippen LogP contribution in [0.25, 0.3) is 0 Å². The van der Waals surface area contributed by atoms with Gasteiger partial charge < -0.3 is 14.6 Å². The zero-order valence-corrected chi connectivity index (χ0v) is 9.92. The van der Waals surface area contributed by atoms with Crippen molar-refractivity contribution in [1.82, 2.24) is 0 Å². The SMILES string of the molecule is CCC(O)C1OC1c1cccc(C(=O)OC)c1. The molecule has 1 aliphatic heterocycles. The third kappa shape index (κ3) is 2.48. The van der Waals surface area contributed by atoms with E-state index in [1.54, 1.807) is 18.2 Å². The number of methoxy groups -OCH3 is 1. The molecule has 0 radical (unpaired) electrons. The first kappa shape index (κ1) is 12.1. The van der Waals surface area contributed by atoms with E-state index >= 15 is 0 Å². The molecule has 92 valence electrons. The van der Waals surface area contributed by atoms with E-state index < -0.39 is 6.10 Å². The van der Waals surface area contributed by atoms with Crippen LogP contribution in [0.1, 0.15) is 35.4 Å². The fraction of sp³-hybridized carbons (Fsp3) is 0.462. The van der Waals surface area contributed by atoms with Gasteiger partial charge in [0.2, 0.25) is 0 Å². The predicted octanol–water partition coefficient (Wildman–Crippen LogP) is 1.68. The Hall–Kier alpha value is -1.39. The van der Waals surface area contributed by atoms with E-state index in [4.69, 9.17) is 4.74 Å². The van der Waals surface area contributed by atoms with E-state index in [9.17, 15) is 9.90 Å². The highest BCUT2D eigenvalue weighted by atomic mass is 16.6. The van der Waals surface area contributed by atoms with Crippen molar-refractivity contribution < 1.29 is 19.4 Å². The van der Waals surface area contributed by atoms with Crippen LogP contribution in [0.4, 0.5) is 0 Å². The van der Waals surface area contributed by atoms with Crippen molar-refractivity contribution in [2.45, 2.75) is 31.7 Å². The topological polar surface area (TPSA) is 59.1 Å². The molecule has 4 heteroatoms. The Morgan fingerprint density at radius 1 is 1.59 bits per heavy atom. The molecule has 1 aromatic rings. The molecule has 17 heavy (non-hydrogen) atoms. The highest BCUT2D eigenvalue weighted by molar-refractivity contribution is 5.89. The summed E-state index contributed by atoms with van der Waals surface area (Å²) in [7, 11) is 1.35. The lowest BCUT2D eigenvalue weighted by Gasteiger charge is -2.03. The number of carbonyl (C=O) groups excluding carboxylic acids is 1. The number of esters is 1. The highest BCUT2D eigenvalue weighted by Crippen LogP contribution is 2.41. The molecule has 2 rings (SSSR count). The average molecular weight is 236 g/mol. The van der Waals surface area contributed by atoms with Crippen LogP contribution in [-0.2, 0) is 9.47 Å². The van der Waals surface area contributed by atoms with E-state index in [2.05, 4.69) is 4.74 Å². The minimum Gasteiger partial charge on any atom is -0.465 e. The van der Waals surface area contributed by atoms with E-state index in [1.807, 2.05) is 13.0 Å². The van der Waals surface area contributed by atoms with Gasteiger partial charge in [0.15, 0.2) is 0 Å². The zero-order valence-electron chi connectivity index (χ0n) is 9.92. The summed E-state index contributed by atoms with van der Waals surface area (Å²) in [4.78, 5) is 11.4. The minimum atomic E-state index is -0.443. The number of aliphatic hydroxyl groups is 1. The number of aliphatic hydroxyl groups excluding tert-OH is 1. The van der Waals surface area contributed by atoms with Crippen LogP contribution in [0.3, 0.4) is 0 Å². The average Bonchev–Trinajstić information content (AvgIpc) is 3.17. The Labute approximate surface area is 100 Å². The number of rotatable bonds is 4. The largest absolute Gasteiger partial charge is 0.465 e. The van der Waals surface area contributed by atoms with Gasteiger partial charge >= 0.3 is 5.97 Å². The fourth-order valence-electron chi connectivity index (χ4n) is 1.88. The molecule has 0 saturated carbocycles. The van der Waals surface area contributed by atoms with Gasteiger partial charge in [-0.05, 0) is 24.1 Å². The van der Waals surface area contributed by atoms with Gasteiger partial charge in [0.1, 0.15) is 12.2 Å². The number of carbonyl (C=O) groups is 1. The van der Waals surface area contributed by atoms with Gasteiger partial charge in [0.25, 0.3) is 0 Å². The maximum atomic E-state index is 11.4. The smallest absolute Gasteiger partial charge is 0.337 e. The molecular formula is C13H16O4. The standard InChI is InChI=1S/C13H16O4/c1-3-10(14)12-11(17-12)8-5-4-6-9(7-8)13(15)16-2/h4-7,10-12,14H,3H2,1-2H3. The number of epoxide rings is 1. The molecule has 1 N–H and O–H groups in total. The molecule has 0 bridgehead atoms. The van der Waals surface area contributed by atoms with Crippen molar-refractivity contribution in [3.63, 3.8) is 0 Å². The Morgan fingerprint density at radius 3 is 3.00 bits per heavy atom. The molecule has 3 atom stereocenters. The molecule has 0 aliphatic carbocycles. The van der Waals surface area contributed by atoms with Gasteiger partial charge in [0.05, 0.1) is 18.8 Å². The quantitative estimate of drug-likeness (QED) is 0.638. The second-order valence-electron chi connectivity index (χ2n) is 4.11. The number of hydrogen-bond acceptors (Lipinski definition) is 4. The van der Waals surface area contributed by atoms with Crippen molar-refractivity contribution in [3.8, 4) is 0 Å². The van der Waals surface area contributed by atoms with Crippen LogP contribution >= 0.6 is 0 Å². The summed E-state index contributed by atoms with van der Waals surface area (Å²) in [5.74, 6) is -0.361. The molecule has 0 spiro atoms. The Kier molecular flexibility index (Phi) is 3.45. The van der Waals surface area contributed by atoms with E-state index in [0.717, 1.165) is 5.56 Å². The zero-order chi connectivity index (χ0) is 12.4. The van der Waals surface area contributed by atoms with E-state index in [-0.39, 0.29) is 18.2 Å². The van der Waals surface area contributed by atoms with Gasteiger partial charge in [-0.25, -0.2) is 4.79 Å². The molecule has 1 heterocycles. The van der Waals surface area contributed by atoms with Crippen molar-refractivity contribution in [2.75, 3.05) is 7.11 Å². The first-order valence-electron chi connectivity index (χ1n) is 5.69. The molecular weight excluding hydrogens is 220 g/mol. The lowest BCUT2D eigenvalue weighted by molar-refractivity contribution is 0.0600. The minimum absolute atomic E-state index is 0.102. The Balaban J connectivity index is 2.11.